The van der Waals surface area contributed by atoms with Crippen molar-refractivity contribution in [3.63, 3.8) is 0 Å². The van der Waals surface area contributed by atoms with E-state index in [9.17, 15) is 9.18 Å². The molecule has 134 valence electrons. The number of ether oxygens (including phenoxy) is 1. The molecule has 2 aromatic rings. The van der Waals surface area contributed by atoms with Gasteiger partial charge in [-0.1, -0.05) is 25.1 Å². The van der Waals surface area contributed by atoms with Gasteiger partial charge in [0.15, 0.2) is 5.82 Å². The number of carbonyl (C=O) groups excluding carboxylic acids is 1. The molecule has 1 aliphatic heterocycles. The number of likely N-dealkylation sites (tertiary alicyclic amines) is 1. The number of nitrogens with one attached hydrogen (secondary N) is 1. The summed E-state index contributed by atoms with van der Waals surface area (Å²) >= 11 is 0. The lowest BCUT2D eigenvalue weighted by Crippen LogP contribution is -2.35. The molecule has 0 aliphatic carbocycles. The summed E-state index contributed by atoms with van der Waals surface area (Å²) in [6.45, 7) is 3.83. The van der Waals surface area contributed by atoms with Crippen LogP contribution in [0.5, 0.6) is 0 Å². The molecule has 2 atom stereocenters. The lowest BCUT2D eigenvalue weighted by atomic mass is 10.0. The fourth-order valence-corrected chi connectivity index (χ4v) is 3.23. The Kier molecular flexibility index (Phi) is 5.33. The highest BCUT2D eigenvalue weighted by Crippen LogP contribution is 2.36. The maximum absolute atomic E-state index is 14.2. The van der Waals surface area contributed by atoms with Crippen molar-refractivity contribution in [2.24, 2.45) is 5.92 Å². The Morgan fingerprint density at radius 2 is 2.20 bits per heavy atom. The van der Waals surface area contributed by atoms with E-state index in [0.717, 1.165) is 6.42 Å². The lowest BCUT2D eigenvalue weighted by molar-refractivity contribution is 0.183. The number of methoxy groups -OCH3 is 1. The number of rotatable bonds is 5. The van der Waals surface area contributed by atoms with Crippen molar-refractivity contribution in [2.75, 3.05) is 25.6 Å². The van der Waals surface area contributed by atoms with Gasteiger partial charge in [0, 0.05) is 31.5 Å². The van der Waals surface area contributed by atoms with E-state index < -0.39 is 0 Å². The third-order valence-corrected chi connectivity index (χ3v) is 4.44. The Labute approximate surface area is 146 Å². The number of carbonyl (C=O) groups is 1. The number of aromatic nitrogens is 2. The molecule has 1 fully saturated rings. The maximum Gasteiger partial charge on any atom is 0.323 e. The van der Waals surface area contributed by atoms with E-state index in [1.165, 1.54) is 6.07 Å². The summed E-state index contributed by atoms with van der Waals surface area (Å²) in [6, 6.07) is 7.87. The third-order valence-electron chi connectivity index (χ3n) is 4.44. The van der Waals surface area contributed by atoms with Gasteiger partial charge in [0.1, 0.15) is 5.82 Å². The number of anilines is 1. The average molecular weight is 346 g/mol. The van der Waals surface area contributed by atoms with E-state index in [-0.39, 0.29) is 17.9 Å². The predicted octanol–water partition coefficient (Wildman–Crippen LogP) is 3.28. The SMILES string of the molecule is COCCn1ccc(NC(=O)N2C[C@@H](C)C[C@@H]2c2ccccc2F)n1. The summed E-state index contributed by atoms with van der Waals surface area (Å²) in [4.78, 5) is 14.4. The largest absolute Gasteiger partial charge is 0.383 e. The molecular weight excluding hydrogens is 323 g/mol. The molecule has 1 aliphatic rings. The second kappa shape index (κ2) is 7.65. The Morgan fingerprint density at radius 3 is 2.96 bits per heavy atom. The first-order valence-corrected chi connectivity index (χ1v) is 8.43. The Bertz CT molecular complexity index is 733. The molecule has 1 aromatic heterocycles. The number of urea groups is 1. The number of amides is 2. The topological polar surface area (TPSA) is 59.4 Å². The van der Waals surface area contributed by atoms with Crippen LogP contribution < -0.4 is 5.32 Å². The van der Waals surface area contributed by atoms with Crippen LogP contribution in [-0.2, 0) is 11.3 Å². The van der Waals surface area contributed by atoms with Crippen LogP contribution in [-0.4, -0.2) is 41.0 Å². The van der Waals surface area contributed by atoms with Gasteiger partial charge in [-0.2, -0.15) is 5.10 Å². The molecular formula is C18H23FN4O2. The van der Waals surface area contributed by atoms with Crippen LogP contribution >= 0.6 is 0 Å². The van der Waals surface area contributed by atoms with Crippen molar-refractivity contribution in [1.29, 1.82) is 0 Å². The highest BCUT2D eigenvalue weighted by Gasteiger charge is 2.35. The molecule has 2 heterocycles. The zero-order valence-electron chi connectivity index (χ0n) is 14.5. The molecule has 0 unspecified atom stereocenters. The van der Waals surface area contributed by atoms with Gasteiger partial charge in [-0.3, -0.25) is 10.00 Å². The summed E-state index contributed by atoms with van der Waals surface area (Å²) in [5, 5.41) is 7.11. The molecule has 3 rings (SSSR count). The molecule has 0 spiro atoms. The van der Waals surface area contributed by atoms with Gasteiger partial charge in [0.25, 0.3) is 0 Å². The van der Waals surface area contributed by atoms with Gasteiger partial charge < -0.3 is 9.64 Å². The van der Waals surface area contributed by atoms with Crippen LogP contribution in [0.1, 0.15) is 24.9 Å². The molecule has 1 saturated heterocycles. The molecule has 0 radical (unpaired) electrons. The van der Waals surface area contributed by atoms with Gasteiger partial charge in [-0.25, -0.2) is 9.18 Å². The van der Waals surface area contributed by atoms with Crippen molar-refractivity contribution in [2.45, 2.75) is 25.9 Å². The molecule has 0 saturated carbocycles. The minimum atomic E-state index is -0.275. The van der Waals surface area contributed by atoms with Crippen LogP contribution in [0.4, 0.5) is 15.0 Å². The first kappa shape index (κ1) is 17.4. The molecule has 0 bridgehead atoms. The third kappa shape index (κ3) is 3.99. The fraction of sp³-hybridized carbons (Fsp3) is 0.444. The molecule has 6 nitrogen and oxygen atoms in total. The van der Waals surface area contributed by atoms with Crippen molar-refractivity contribution in [3.8, 4) is 0 Å². The highest BCUT2D eigenvalue weighted by atomic mass is 19.1. The first-order chi connectivity index (χ1) is 12.1. The highest BCUT2D eigenvalue weighted by molar-refractivity contribution is 5.88. The van der Waals surface area contributed by atoms with Gasteiger partial charge in [0.2, 0.25) is 0 Å². The number of nitrogens with zero attached hydrogens (tertiary/aromatic N) is 3. The van der Waals surface area contributed by atoms with Gasteiger partial charge in [-0.05, 0) is 18.4 Å². The Balaban J connectivity index is 1.71. The van der Waals surface area contributed by atoms with Crippen LogP contribution in [0.25, 0.3) is 0 Å². The average Bonchev–Trinajstić information content (AvgIpc) is 3.20. The second-order valence-electron chi connectivity index (χ2n) is 6.42. The molecule has 7 heteroatoms. The fourth-order valence-electron chi connectivity index (χ4n) is 3.23. The van der Waals surface area contributed by atoms with Crippen LogP contribution in [0.3, 0.4) is 0 Å². The van der Waals surface area contributed by atoms with E-state index in [1.807, 2.05) is 0 Å². The monoisotopic (exact) mass is 346 g/mol. The predicted molar refractivity (Wildman–Crippen MR) is 92.7 cm³/mol. The smallest absolute Gasteiger partial charge is 0.323 e. The number of benzene rings is 1. The van der Waals surface area contributed by atoms with E-state index in [2.05, 4.69) is 17.3 Å². The van der Waals surface area contributed by atoms with Crippen molar-refractivity contribution in [3.05, 3.63) is 47.9 Å². The molecule has 2 amide bonds. The zero-order valence-corrected chi connectivity index (χ0v) is 14.5. The van der Waals surface area contributed by atoms with Crippen LogP contribution in [0, 0.1) is 11.7 Å². The summed E-state index contributed by atoms with van der Waals surface area (Å²) < 4.78 is 20.9. The van der Waals surface area contributed by atoms with Gasteiger partial charge in [0.05, 0.1) is 19.2 Å². The minimum absolute atomic E-state index is 0.255. The zero-order chi connectivity index (χ0) is 17.8. The lowest BCUT2D eigenvalue weighted by Gasteiger charge is -2.25. The van der Waals surface area contributed by atoms with E-state index in [4.69, 9.17) is 4.74 Å². The van der Waals surface area contributed by atoms with Gasteiger partial charge >= 0.3 is 6.03 Å². The van der Waals surface area contributed by atoms with E-state index in [0.29, 0.717) is 37.0 Å². The summed E-state index contributed by atoms with van der Waals surface area (Å²) in [5.74, 6) is 0.519. The molecule has 1 aromatic carbocycles. The maximum atomic E-state index is 14.2. The number of hydrogen-bond acceptors (Lipinski definition) is 3. The van der Waals surface area contributed by atoms with Crippen LogP contribution in [0.15, 0.2) is 36.5 Å². The van der Waals surface area contributed by atoms with E-state index >= 15 is 0 Å². The first-order valence-electron chi connectivity index (χ1n) is 8.43. The Hall–Kier alpha value is -2.41. The standard InChI is InChI=1S/C18H23FN4O2/c1-13-11-16(14-5-3-4-6-15(14)19)23(12-13)18(24)20-17-7-8-22(21-17)9-10-25-2/h3-8,13,16H,9-12H2,1-2H3,(H,20,21,24)/t13-,16+/m0/s1. The number of hydrogen-bond donors (Lipinski definition) is 1. The Morgan fingerprint density at radius 1 is 1.40 bits per heavy atom. The van der Waals surface area contributed by atoms with Gasteiger partial charge in [-0.15, -0.1) is 0 Å². The van der Waals surface area contributed by atoms with E-state index in [1.54, 1.807) is 47.2 Å². The summed E-state index contributed by atoms with van der Waals surface area (Å²) in [6.07, 6.45) is 2.53. The number of halogens is 1. The molecule has 1 N–H and O–H groups in total. The summed E-state index contributed by atoms with van der Waals surface area (Å²) in [5.41, 5.74) is 0.563. The quantitative estimate of drug-likeness (QED) is 0.904. The minimum Gasteiger partial charge on any atom is -0.383 e. The van der Waals surface area contributed by atoms with Crippen molar-refractivity contribution in [1.82, 2.24) is 14.7 Å². The second-order valence-corrected chi connectivity index (χ2v) is 6.42. The molecule has 25 heavy (non-hydrogen) atoms. The summed E-state index contributed by atoms with van der Waals surface area (Å²) in [7, 11) is 1.63. The normalized spacial score (nSPS) is 20.0. The van der Waals surface area contributed by atoms with Crippen molar-refractivity contribution >= 4 is 11.8 Å². The van der Waals surface area contributed by atoms with Crippen molar-refractivity contribution < 1.29 is 13.9 Å². The van der Waals surface area contributed by atoms with Crippen LogP contribution in [0.2, 0.25) is 0 Å².